The highest BCUT2D eigenvalue weighted by molar-refractivity contribution is 5.65. The van der Waals surface area contributed by atoms with Crippen molar-refractivity contribution in [2.24, 2.45) is 5.92 Å². The smallest absolute Gasteiger partial charge is 0.166 e. The summed E-state index contributed by atoms with van der Waals surface area (Å²) in [7, 11) is 0. The zero-order valence-corrected chi connectivity index (χ0v) is 13.5. The van der Waals surface area contributed by atoms with E-state index >= 15 is 0 Å². The van der Waals surface area contributed by atoms with Crippen molar-refractivity contribution in [3.05, 3.63) is 71.8 Å². The van der Waals surface area contributed by atoms with Crippen LogP contribution in [0.5, 0.6) is 0 Å². The van der Waals surface area contributed by atoms with Gasteiger partial charge in [-0.15, -0.1) is 6.58 Å². The molecule has 0 bridgehead atoms. The Morgan fingerprint density at radius 1 is 0.958 bits per heavy atom. The van der Waals surface area contributed by atoms with Crippen molar-refractivity contribution in [2.45, 2.75) is 46.0 Å². The largest absolute Gasteiger partial charge is 0.203 e. The second-order valence-corrected chi connectivity index (χ2v) is 6.53. The van der Waals surface area contributed by atoms with Gasteiger partial charge in [0, 0.05) is 6.99 Å². The normalized spacial score (nSPS) is 20.3. The first-order valence-corrected chi connectivity index (χ1v) is 8.27. The summed E-state index contributed by atoms with van der Waals surface area (Å²) in [5.74, 6) is -0.298. The topological polar surface area (TPSA) is 0 Å². The number of hydrogen-bond donors (Lipinski definition) is 0. The van der Waals surface area contributed by atoms with Gasteiger partial charge in [0.2, 0.25) is 0 Å². The lowest BCUT2D eigenvalue weighted by atomic mass is 9.78. The molecule has 0 radical (unpaired) electrons. The summed E-state index contributed by atoms with van der Waals surface area (Å²) in [5.41, 5.74) is 2.69. The lowest BCUT2D eigenvalue weighted by Gasteiger charge is -2.27. The number of benzene rings is 2. The molecule has 0 nitrogen and oxygen atoms in total. The molecule has 24 heavy (non-hydrogen) atoms. The molecule has 0 N–H and O–H groups in total. The summed E-state index contributed by atoms with van der Waals surface area (Å²) in [6, 6.07) is 11.2. The summed E-state index contributed by atoms with van der Waals surface area (Å²) < 4.78 is 27.8. The minimum atomic E-state index is -0.760. The van der Waals surface area contributed by atoms with E-state index in [1.807, 2.05) is 12.1 Å². The highest BCUT2D eigenvalue weighted by Gasteiger charge is 2.20. The fourth-order valence-electron chi connectivity index (χ4n) is 3.49. The average molecular weight is 330 g/mol. The van der Waals surface area contributed by atoms with Crippen LogP contribution in [-0.2, 0) is 0 Å². The van der Waals surface area contributed by atoms with Gasteiger partial charge in [0.1, 0.15) is 0 Å². The molecule has 0 amide bonds. The van der Waals surface area contributed by atoms with E-state index < -0.39 is 11.6 Å². The third-order valence-corrected chi connectivity index (χ3v) is 5.07. The predicted molar refractivity (Wildman–Crippen MR) is 100 cm³/mol. The summed E-state index contributed by atoms with van der Waals surface area (Å²) in [4.78, 5) is 0. The van der Waals surface area contributed by atoms with Gasteiger partial charge in [-0.1, -0.05) is 49.9 Å². The molecule has 0 aromatic heterocycles. The zero-order chi connectivity index (χ0) is 16.4. The molecule has 1 saturated carbocycles. The number of rotatable bonds is 3. The Kier molecular flexibility index (Phi) is 5.93. The van der Waals surface area contributed by atoms with E-state index in [0.717, 1.165) is 5.56 Å². The van der Waals surface area contributed by atoms with E-state index in [1.165, 1.54) is 31.2 Å². The minimum absolute atomic E-state index is 0. The molecule has 0 atom stereocenters. The lowest BCUT2D eigenvalue weighted by Crippen LogP contribution is -2.11. The first-order chi connectivity index (χ1) is 11.1. The summed E-state index contributed by atoms with van der Waals surface area (Å²) in [5, 5.41) is 0. The SMILES string of the molecule is C.C=CC1CCC(c2ccc(-c3ccc(C)c(F)c3F)cc2)CC1.[HH]. The molecule has 1 fully saturated rings. The Bertz CT molecular complexity index is 699. The van der Waals surface area contributed by atoms with Crippen molar-refractivity contribution in [3.8, 4) is 11.1 Å². The Labute approximate surface area is 145 Å². The van der Waals surface area contributed by atoms with E-state index in [4.69, 9.17) is 0 Å². The first-order valence-electron chi connectivity index (χ1n) is 8.27. The third-order valence-electron chi connectivity index (χ3n) is 5.07. The monoisotopic (exact) mass is 330 g/mol. The van der Waals surface area contributed by atoms with E-state index in [1.54, 1.807) is 19.1 Å². The number of hydrogen-bond acceptors (Lipinski definition) is 0. The summed E-state index contributed by atoms with van der Waals surface area (Å²) >= 11 is 0. The average Bonchev–Trinajstić information content (AvgIpc) is 2.60. The molecule has 1 aliphatic rings. The molecule has 2 aromatic rings. The van der Waals surface area contributed by atoms with Gasteiger partial charge in [-0.2, -0.15) is 0 Å². The fraction of sp³-hybridized carbons (Fsp3) is 0.364. The standard InChI is InChI=1S/C21H22F2.CH4.H2/c1-3-15-5-7-16(8-6-15)17-9-11-18(12-10-17)19-13-4-14(2)20(22)21(19)23;;/h3-4,9-13,15-16H,1,5-8H2,2H3;1H4;1H. The van der Waals surface area contributed by atoms with Crippen molar-refractivity contribution < 1.29 is 10.2 Å². The molecule has 0 heterocycles. The third kappa shape index (κ3) is 3.58. The first kappa shape index (κ1) is 18.4. The van der Waals surface area contributed by atoms with Crippen LogP contribution < -0.4 is 0 Å². The van der Waals surface area contributed by atoms with Gasteiger partial charge in [-0.3, -0.25) is 0 Å². The molecule has 2 heteroatoms. The van der Waals surface area contributed by atoms with Crippen LogP contribution in [0.25, 0.3) is 11.1 Å². The van der Waals surface area contributed by atoms with Gasteiger partial charge in [0.25, 0.3) is 0 Å². The molecule has 0 saturated heterocycles. The van der Waals surface area contributed by atoms with Crippen LogP contribution in [0.15, 0.2) is 49.1 Å². The lowest BCUT2D eigenvalue weighted by molar-refractivity contribution is 0.376. The van der Waals surface area contributed by atoms with E-state index in [9.17, 15) is 8.78 Å². The second-order valence-electron chi connectivity index (χ2n) is 6.53. The quantitative estimate of drug-likeness (QED) is 0.519. The number of allylic oxidation sites excluding steroid dienone is 1. The van der Waals surface area contributed by atoms with Gasteiger partial charge < -0.3 is 0 Å². The molecule has 3 rings (SSSR count). The molecule has 0 aliphatic heterocycles. The van der Waals surface area contributed by atoms with Crippen LogP contribution in [0.4, 0.5) is 8.78 Å². The molecule has 0 spiro atoms. The van der Waals surface area contributed by atoms with Gasteiger partial charge in [0.15, 0.2) is 11.6 Å². The van der Waals surface area contributed by atoms with Crippen LogP contribution in [0.1, 0.15) is 51.6 Å². The van der Waals surface area contributed by atoms with Crippen molar-refractivity contribution in [2.75, 3.05) is 0 Å². The van der Waals surface area contributed by atoms with Crippen LogP contribution in [0, 0.1) is 24.5 Å². The maximum atomic E-state index is 14.1. The Morgan fingerprint density at radius 3 is 2.17 bits per heavy atom. The second kappa shape index (κ2) is 7.74. The zero-order valence-electron chi connectivity index (χ0n) is 13.5. The molecule has 2 aromatic carbocycles. The maximum absolute atomic E-state index is 14.1. The highest BCUT2D eigenvalue weighted by Crippen LogP contribution is 2.37. The Hall–Kier alpha value is -1.96. The van der Waals surface area contributed by atoms with Crippen molar-refractivity contribution in [1.82, 2.24) is 0 Å². The van der Waals surface area contributed by atoms with E-state index in [2.05, 4.69) is 24.8 Å². The molecule has 1 aliphatic carbocycles. The van der Waals surface area contributed by atoms with Gasteiger partial charge in [0.05, 0.1) is 0 Å². The van der Waals surface area contributed by atoms with Crippen molar-refractivity contribution >= 4 is 0 Å². The molecule has 130 valence electrons. The predicted octanol–water partition coefficient (Wildman–Crippen LogP) is 7.28. The minimum Gasteiger partial charge on any atom is -0.203 e. The number of halogens is 2. The molecular weight excluding hydrogens is 302 g/mol. The molecular formula is C22H28F2. The Balaban J connectivity index is 0.00000156. The van der Waals surface area contributed by atoms with E-state index in [0.29, 0.717) is 23.0 Å². The van der Waals surface area contributed by atoms with Crippen LogP contribution in [0.3, 0.4) is 0 Å². The van der Waals surface area contributed by atoms with Crippen LogP contribution >= 0.6 is 0 Å². The van der Waals surface area contributed by atoms with Gasteiger partial charge in [-0.05, 0) is 61.1 Å². The van der Waals surface area contributed by atoms with E-state index in [-0.39, 0.29) is 8.85 Å². The molecule has 0 unspecified atom stereocenters. The van der Waals surface area contributed by atoms with Crippen molar-refractivity contribution in [3.63, 3.8) is 0 Å². The van der Waals surface area contributed by atoms with Crippen LogP contribution in [-0.4, -0.2) is 0 Å². The highest BCUT2D eigenvalue weighted by atomic mass is 19.2. The van der Waals surface area contributed by atoms with Gasteiger partial charge >= 0.3 is 0 Å². The maximum Gasteiger partial charge on any atom is 0.166 e. The van der Waals surface area contributed by atoms with Gasteiger partial charge in [-0.25, -0.2) is 8.78 Å². The number of aryl methyl sites for hydroxylation is 1. The van der Waals surface area contributed by atoms with Crippen molar-refractivity contribution in [1.29, 1.82) is 0 Å². The summed E-state index contributed by atoms with van der Waals surface area (Å²) in [6.45, 7) is 5.46. The Morgan fingerprint density at radius 2 is 1.58 bits per heavy atom. The fourth-order valence-corrected chi connectivity index (χ4v) is 3.49. The summed E-state index contributed by atoms with van der Waals surface area (Å²) in [6.07, 6.45) is 6.78. The van der Waals surface area contributed by atoms with Crippen LogP contribution in [0.2, 0.25) is 0 Å².